The van der Waals surface area contributed by atoms with Gasteiger partial charge < -0.3 is 29.2 Å². The molecule has 0 bridgehead atoms. The van der Waals surface area contributed by atoms with Crippen molar-refractivity contribution in [1.29, 1.82) is 0 Å². The predicted octanol–water partition coefficient (Wildman–Crippen LogP) is 0.343. The zero-order valence-corrected chi connectivity index (χ0v) is 18.5. The Balaban J connectivity index is 0. The van der Waals surface area contributed by atoms with Crippen LogP contribution in [0.1, 0.15) is 13.8 Å². The van der Waals surface area contributed by atoms with Crippen molar-refractivity contribution in [3.05, 3.63) is 0 Å². The molecule has 0 rings (SSSR count). The van der Waals surface area contributed by atoms with Gasteiger partial charge in [0.15, 0.2) is 0 Å². The van der Waals surface area contributed by atoms with E-state index in [1.807, 2.05) is 0 Å². The molecule has 0 fully saturated rings. The Morgan fingerprint density at radius 1 is 0.810 bits per heavy atom. The molecule has 130 valence electrons. The molecule has 0 aliphatic carbocycles. The first-order valence-corrected chi connectivity index (χ1v) is 7.98. The first kappa shape index (κ1) is 24.8. The Morgan fingerprint density at radius 2 is 1.19 bits per heavy atom. The van der Waals surface area contributed by atoms with E-state index in [-0.39, 0.29) is 30.3 Å². The van der Waals surface area contributed by atoms with E-state index in [1.165, 1.54) is 0 Å². The van der Waals surface area contributed by atoms with Crippen LogP contribution < -0.4 is 0 Å². The fourth-order valence-corrected chi connectivity index (χ4v) is 1.34. The molecular formula is C12H26Br2O6Te. The van der Waals surface area contributed by atoms with Crippen molar-refractivity contribution in [3.8, 4) is 0 Å². The summed E-state index contributed by atoms with van der Waals surface area (Å²) in [5, 5.41) is 18.3. The second-order valence-electron chi connectivity index (χ2n) is 4.48. The van der Waals surface area contributed by atoms with E-state index in [4.69, 9.17) is 24.1 Å². The number of aliphatic hydroxyl groups excluding tert-OH is 1. The van der Waals surface area contributed by atoms with E-state index < -0.39 is 9.02 Å². The van der Waals surface area contributed by atoms with Gasteiger partial charge in [-0.1, -0.05) is 0 Å². The predicted molar refractivity (Wildman–Crippen MR) is 90.9 cm³/mol. The van der Waals surface area contributed by atoms with Crippen molar-refractivity contribution in [2.45, 2.75) is 22.9 Å². The molecule has 0 aliphatic rings. The molecule has 0 aliphatic heterocycles. The third-order valence-corrected chi connectivity index (χ3v) is 4.60. The van der Waals surface area contributed by atoms with Crippen LogP contribution in [0.5, 0.6) is 0 Å². The van der Waals surface area contributed by atoms with Crippen LogP contribution in [-0.2, 0) is 18.9 Å². The van der Waals surface area contributed by atoms with E-state index in [1.54, 1.807) is 13.8 Å². The Morgan fingerprint density at radius 3 is 1.57 bits per heavy atom. The summed E-state index contributed by atoms with van der Waals surface area (Å²) in [4.78, 5) is 0. The van der Waals surface area contributed by atoms with Gasteiger partial charge in [-0.2, -0.15) is 0 Å². The quantitative estimate of drug-likeness (QED) is 0.195. The molecule has 0 amide bonds. The fourth-order valence-electron chi connectivity index (χ4n) is 1.01. The fraction of sp³-hybridized carbons (Fsp3) is 1.00. The monoisotopic (exact) mass is 554 g/mol. The van der Waals surface area contributed by atoms with E-state index in [9.17, 15) is 5.11 Å². The Labute approximate surface area is 159 Å². The zero-order chi connectivity index (χ0) is 15.5. The average molecular weight is 554 g/mol. The van der Waals surface area contributed by atoms with E-state index >= 15 is 0 Å². The maximum absolute atomic E-state index is 9.80. The SMILES string of the molecule is CC(C)(O)C(Br)(Br)OCCOCCOCCOCCO.[TeH2]. The van der Waals surface area contributed by atoms with Gasteiger partial charge in [0.2, 0.25) is 3.42 Å². The van der Waals surface area contributed by atoms with Gasteiger partial charge in [0.1, 0.15) is 5.60 Å². The van der Waals surface area contributed by atoms with Crippen molar-refractivity contribution in [1.82, 2.24) is 0 Å². The molecule has 0 aromatic heterocycles. The summed E-state index contributed by atoms with van der Waals surface area (Å²) in [5.41, 5.74) is -1.06. The summed E-state index contributed by atoms with van der Waals surface area (Å²) in [5.74, 6) is 0. The van der Waals surface area contributed by atoms with Crippen LogP contribution in [0.15, 0.2) is 0 Å². The molecule has 0 spiro atoms. The van der Waals surface area contributed by atoms with E-state index in [0.717, 1.165) is 0 Å². The number of hydrogen-bond acceptors (Lipinski definition) is 6. The molecule has 6 nitrogen and oxygen atoms in total. The van der Waals surface area contributed by atoms with Crippen molar-refractivity contribution in [2.75, 3.05) is 52.9 Å². The molecule has 9 heteroatoms. The Hall–Kier alpha value is 1.51. The van der Waals surface area contributed by atoms with Crippen LogP contribution in [-0.4, -0.2) is 95.8 Å². The number of alkyl halides is 2. The van der Waals surface area contributed by atoms with Gasteiger partial charge in [-0.15, -0.1) is 0 Å². The first-order valence-electron chi connectivity index (χ1n) is 6.39. The summed E-state index contributed by atoms with van der Waals surface area (Å²) >= 11 is 6.52. The van der Waals surface area contributed by atoms with E-state index in [2.05, 4.69) is 31.9 Å². The maximum atomic E-state index is 9.80. The van der Waals surface area contributed by atoms with Crippen molar-refractivity contribution >= 4 is 55.5 Å². The van der Waals surface area contributed by atoms with Gasteiger partial charge >= 0.3 is 23.7 Å². The topological polar surface area (TPSA) is 77.4 Å². The number of hydrogen-bond donors (Lipinski definition) is 2. The summed E-state index contributed by atoms with van der Waals surface area (Å²) in [7, 11) is 0. The van der Waals surface area contributed by atoms with Crippen LogP contribution in [0.2, 0.25) is 0 Å². The Kier molecular flexibility index (Phi) is 16.4. The van der Waals surface area contributed by atoms with Crippen molar-refractivity contribution in [2.24, 2.45) is 0 Å². The van der Waals surface area contributed by atoms with Gasteiger partial charge in [0.25, 0.3) is 0 Å². The molecule has 0 unspecified atom stereocenters. The molecule has 0 aromatic carbocycles. The van der Waals surface area contributed by atoms with Crippen molar-refractivity contribution < 1.29 is 29.2 Å². The molecular weight excluding hydrogens is 528 g/mol. The standard InChI is InChI=1S/C12H24Br2O6.H2Te/c1-11(2,16)12(13,14)20-10-9-19-8-7-18-6-5-17-4-3-15;/h15-16H,3-10H2,1-2H3;1H2. The molecule has 0 saturated heterocycles. The van der Waals surface area contributed by atoms with Gasteiger partial charge in [-0.3, -0.25) is 0 Å². The van der Waals surface area contributed by atoms with Crippen LogP contribution in [0.25, 0.3) is 0 Å². The van der Waals surface area contributed by atoms with Gasteiger partial charge in [0.05, 0.1) is 52.9 Å². The molecule has 0 aromatic rings. The second kappa shape index (κ2) is 13.9. The number of rotatable bonds is 13. The summed E-state index contributed by atoms with van der Waals surface area (Å²) in [6, 6.07) is 0. The minimum atomic E-state index is -1.06. The zero-order valence-electron chi connectivity index (χ0n) is 12.4. The summed E-state index contributed by atoms with van der Waals surface area (Å²) in [6.45, 7) is 6.23. The number of ether oxygens (including phenoxy) is 4. The van der Waals surface area contributed by atoms with Crippen LogP contribution >= 0.6 is 31.9 Å². The van der Waals surface area contributed by atoms with Crippen LogP contribution in [0, 0.1) is 0 Å². The van der Waals surface area contributed by atoms with Gasteiger partial charge in [-0.25, -0.2) is 0 Å². The van der Waals surface area contributed by atoms with Gasteiger partial charge in [-0.05, 0) is 45.7 Å². The number of halogens is 2. The summed E-state index contributed by atoms with van der Waals surface area (Å²) < 4.78 is 20.0. The molecule has 0 saturated carbocycles. The van der Waals surface area contributed by atoms with Gasteiger partial charge in [0, 0.05) is 0 Å². The van der Waals surface area contributed by atoms with E-state index in [0.29, 0.717) is 46.2 Å². The minimum absolute atomic E-state index is 0. The molecule has 21 heavy (non-hydrogen) atoms. The third kappa shape index (κ3) is 13.6. The molecule has 0 atom stereocenters. The average Bonchev–Trinajstić information content (AvgIpc) is 2.34. The molecule has 0 radical (unpaired) electrons. The van der Waals surface area contributed by atoms with Crippen LogP contribution in [0.4, 0.5) is 0 Å². The normalized spacial score (nSPS) is 12.3. The Bertz CT molecular complexity index is 238. The van der Waals surface area contributed by atoms with Crippen molar-refractivity contribution in [3.63, 3.8) is 0 Å². The molecule has 2 N–H and O–H groups in total. The molecule has 0 heterocycles. The number of aliphatic hydroxyl groups is 2. The van der Waals surface area contributed by atoms with Crippen LogP contribution in [0.3, 0.4) is 0 Å². The summed E-state index contributed by atoms with van der Waals surface area (Å²) in [6.07, 6.45) is 0. The third-order valence-electron chi connectivity index (χ3n) is 2.20. The first-order chi connectivity index (χ1) is 9.31. The second-order valence-corrected chi connectivity index (χ2v) is 7.78.